The molecule has 1 rings (SSSR count). The SMILES string of the molecule is CC[C@@H](N)C(=O)N(C)c1ccccc1C(=O)O. The number of nitrogens with zero attached hydrogens (tertiary/aromatic N) is 1. The quantitative estimate of drug-likeness (QED) is 0.819. The first-order valence-corrected chi connectivity index (χ1v) is 5.34. The summed E-state index contributed by atoms with van der Waals surface area (Å²) in [5.74, 6) is -1.36. The van der Waals surface area contributed by atoms with E-state index < -0.39 is 12.0 Å². The first-order chi connectivity index (χ1) is 7.99. The maximum atomic E-state index is 11.9. The molecule has 0 spiro atoms. The van der Waals surface area contributed by atoms with Crippen LogP contribution in [-0.4, -0.2) is 30.1 Å². The van der Waals surface area contributed by atoms with Crippen LogP contribution in [-0.2, 0) is 4.79 Å². The molecular weight excluding hydrogens is 220 g/mol. The number of carbonyl (C=O) groups excluding carboxylic acids is 1. The molecule has 0 aliphatic rings. The van der Waals surface area contributed by atoms with Crippen LogP contribution in [0.15, 0.2) is 24.3 Å². The number of carboxylic acid groups (broad SMARTS) is 1. The second kappa shape index (κ2) is 5.45. The number of carboxylic acids is 1. The fraction of sp³-hybridized carbons (Fsp3) is 0.333. The second-order valence-corrected chi connectivity index (χ2v) is 3.73. The van der Waals surface area contributed by atoms with Gasteiger partial charge in [0.15, 0.2) is 0 Å². The van der Waals surface area contributed by atoms with Gasteiger partial charge in [0.25, 0.3) is 0 Å². The van der Waals surface area contributed by atoms with Crippen molar-refractivity contribution in [2.45, 2.75) is 19.4 Å². The van der Waals surface area contributed by atoms with E-state index in [9.17, 15) is 9.59 Å². The lowest BCUT2D eigenvalue weighted by Gasteiger charge is -2.22. The highest BCUT2D eigenvalue weighted by Crippen LogP contribution is 2.19. The lowest BCUT2D eigenvalue weighted by Crippen LogP contribution is -2.41. The summed E-state index contributed by atoms with van der Waals surface area (Å²) in [5, 5.41) is 9.02. The molecule has 0 fully saturated rings. The molecule has 0 aliphatic heterocycles. The van der Waals surface area contributed by atoms with E-state index in [1.807, 2.05) is 0 Å². The van der Waals surface area contributed by atoms with Crippen molar-refractivity contribution in [2.24, 2.45) is 5.73 Å². The van der Waals surface area contributed by atoms with Crippen molar-refractivity contribution in [1.82, 2.24) is 0 Å². The molecule has 1 aromatic carbocycles. The van der Waals surface area contributed by atoms with Gasteiger partial charge >= 0.3 is 5.97 Å². The molecule has 0 aliphatic carbocycles. The second-order valence-electron chi connectivity index (χ2n) is 3.73. The first kappa shape index (κ1) is 13.2. The van der Waals surface area contributed by atoms with E-state index in [1.54, 1.807) is 25.1 Å². The summed E-state index contributed by atoms with van der Waals surface area (Å²) < 4.78 is 0. The summed E-state index contributed by atoms with van der Waals surface area (Å²) in [6, 6.07) is 5.73. The van der Waals surface area contributed by atoms with E-state index in [4.69, 9.17) is 10.8 Å². The minimum atomic E-state index is -1.06. The molecule has 5 nitrogen and oxygen atoms in total. The number of hydrogen-bond acceptors (Lipinski definition) is 3. The van der Waals surface area contributed by atoms with Gasteiger partial charge in [0.2, 0.25) is 5.91 Å². The molecule has 0 radical (unpaired) electrons. The molecule has 5 heteroatoms. The zero-order valence-electron chi connectivity index (χ0n) is 9.88. The summed E-state index contributed by atoms with van der Waals surface area (Å²) in [5.41, 5.74) is 6.09. The average Bonchev–Trinajstić information content (AvgIpc) is 2.35. The Balaban J connectivity index is 3.08. The summed E-state index contributed by atoms with van der Waals surface area (Å²) >= 11 is 0. The van der Waals surface area contributed by atoms with Gasteiger partial charge < -0.3 is 15.7 Å². The molecule has 0 unspecified atom stereocenters. The highest BCUT2D eigenvalue weighted by atomic mass is 16.4. The maximum Gasteiger partial charge on any atom is 0.337 e. The van der Waals surface area contributed by atoms with Crippen LogP contribution in [0.4, 0.5) is 5.69 Å². The van der Waals surface area contributed by atoms with Crippen molar-refractivity contribution in [3.8, 4) is 0 Å². The topological polar surface area (TPSA) is 83.6 Å². The molecule has 0 heterocycles. The Morgan fingerprint density at radius 3 is 2.53 bits per heavy atom. The normalized spacial score (nSPS) is 11.9. The Morgan fingerprint density at radius 1 is 1.41 bits per heavy atom. The van der Waals surface area contributed by atoms with E-state index in [2.05, 4.69) is 0 Å². The summed E-state index contributed by atoms with van der Waals surface area (Å²) in [6.45, 7) is 1.81. The van der Waals surface area contributed by atoms with Crippen molar-refractivity contribution in [3.63, 3.8) is 0 Å². The van der Waals surface area contributed by atoms with Crippen LogP contribution in [0.2, 0.25) is 0 Å². The predicted octanol–water partition coefficient (Wildman–Crippen LogP) is 1.08. The van der Waals surface area contributed by atoms with E-state index in [1.165, 1.54) is 18.0 Å². The van der Waals surface area contributed by atoms with Gasteiger partial charge in [0, 0.05) is 7.05 Å². The molecule has 0 saturated heterocycles. The number of rotatable bonds is 4. The number of para-hydroxylation sites is 1. The highest BCUT2D eigenvalue weighted by Gasteiger charge is 2.21. The molecule has 0 saturated carbocycles. The number of amides is 1. The monoisotopic (exact) mass is 236 g/mol. The third kappa shape index (κ3) is 2.82. The lowest BCUT2D eigenvalue weighted by atomic mass is 10.1. The molecule has 92 valence electrons. The fourth-order valence-corrected chi connectivity index (χ4v) is 1.49. The highest BCUT2D eigenvalue weighted by molar-refractivity contribution is 6.03. The zero-order valence-corrected chi connectivity index (χ0v) is 9.88. The largest absolute Gasteiger partial charge is 0.478 e. The molecule has 3 N–H and O–H groups in total. The number of anilines is 1. The van der Waals surface area contributed by atoms with Crippen molar-refractivity contribution in [1.29, 1.82) is 0 Å². The van der Waals surface area contributed by atoms with Crippen LogP contribution in [0.25, 0.3) is 0 Å². The Bertz CT molecular complexity index is 432. The average molecular weight is 236 g/mol. The van der Waals surface area contributed by atoms with Gasteiger partial charge in [-0.1, -0.05) is 19.1 Å². The standard InChI is InChI=1S/C12H16N2O3/c1-3-9(13)11(15)14(2)10-7-5-4-6-8(10)12(16)17/h4-7,9H,3,13H2,1-2H3,(H,16,17)/t9-/m1/s1. The van der Waals surface area contributed by atoms with Gasteiger partial charge in [-0.15, -0.1) is 0 Å². The third-order valence-electron chi connectivity index (χ3n) is 2.58. The Kier molecular flexibility index (Phi) is 4.23. The molecule has 1 aromatic rings. The van der Waals surface area contributed by atoms with Crippen LogP contribution in [0, 0.1) is 0 Å². The van der Waals surface area contributed by atoms with Crippen molar-refractivity contribution in [2.75, 3.05) is 11.9 Å². The molecule has 0 bridgehead atoms. The Hall–Kier alpha value is -1.88. The Morgan fingerprint density at radius 2 is 2.00 bits per heavy atom. The van der Waals surface area contributed by atoms with E-state index in [0.717, 1.165) is 0 Å². The molecule has 17 heavy (non-hydrogen) atoms. The number of hydrogen-bond donors (Lipinski definition) is 2. The minimum absolute atomic E-state index is 0.0895. The number of nitrogens with two attached hydrogens (primary N) is 1. The van der Waals surface area contributed by atoms with Crippen molar-refractivity contribution >= 4 is 17.6 Å². The molecular formula is C12H16N2O3. The fourth-order valence-electron chi connectivity index (χ4n) is 1.49. The molecule has 1 atom stereocenters. The van der Waals surface area contributed by atoms with Gasteiger partial charge in [-0.3, -0.25) is 4.79 Å². The van der Waals surface area contributed by atoms with E-state index in [-0.39, 0.29) is 11.5 Å². The van der Waals surface area contributed by atoms with Crippen LogP contribution < -0.4 is 10.6 Å². The molecule has 1 amide bonds. The van der Waals surface area contributed by atoms with Crippen molar-refractivity contribution < 1.29 is 14.7 Å². The van der Waals surface area contributed by atoms with Crippen molar-refractivity contribution in [3.05, 3.63) is 29.8 Å². The van der Waals surface area contributed by atoms with Crippen LogP contribution in [0.5, 0.6) is 0 Å². The van der Waals surface area contributed by atoms with E-state index >= 15 is 0 Å². The minimum Gasteiger partial charge on any atom is -0.478 e. The van der Waals surface area contributed by atoms with Gasteiger partial charge in [-0.25, -0.2) is 4.79 Å². The summed E-state index contributed by atoms with van der Waals surface area (Å²) in [7, 11) is 1.53. The van der Waals surface area contributed by atoms with Gasteiger partial charge in [-0.05, 0) is 18.6 Å². The molecule has 0 aromatic heterocycles. The number of benzene rings is 1. The zero-order chi connectivity index (χ0) is 13.0. The van der Waals surface area contributed by atoms with Crippen LogP contribution >= 0.6 is 0 Å². The van der Waals surface area contributed by atoms with Gasteiger partial charge in [0.05, 0.1) is 17.3 Å². The lowest BCUT2D eigenvalue weighted by molar-refractivity contribution is -0.119. The van der Waals surface area contributed by atoms with Crippen LogP contribution in [0.3, 0.4) is 0 Å². The summed E-state index contributed by atoms with van der Waals surface area (Å²) in [4.78, 5) is 24.2. The smallest absolute Gasteiger partial charge is 0.337 e. The number of likely N-dealkylation sites (N-methyl/N-ethyl adjacent to an activating group) is 1. The predicted molar refractivity (Wildman–Crippen MR) is 65.1 cm³/mol. The number of aromatic carboxylic acids is 1. The van der Waals surface area contributed by atoms with Crippen LogP contribution in [0.1, 0.15) is 23.7 Å². The number of carbonyl (C=O) groups is 2. The van der Waals surface area contributed by atoms with Gasteiger partial charge in [-0.2, -0.15) is 0 Å². The van der Waals surface area contributed by atoms with E-state index in [0.29, 0.717) is 12.1 Å². The Labute approximate surface area is 99.8 Å². The summed E-state index contributed by atoms with van der Waals surface area (Å²) in [6.07, 6.45) is 0.512. The van der Waals surface area contributed by atoms with Gasteiger partial charge in [0.1, 0.15) is 0 Å². The third-order valence-corrected chi connectivity index (χ3v) is 2.58. The maximum absolute atomic E-state index is 11.9. The first-order valence-electron chi connectivity index (χ1n) is 5.34.